The lowest BCUT2D eigenvalue weighted by molar-refractivity contribution is -0.137. The number of hydrogen-bond donors (Lipinski definition) is 2. The Morgan fingerprint density at radius 3 is 2.62 bits per heavy atom. The number of hydrogen-bond acceptors (Lipinski definition) is 2. The summed E-state index contributed by atoms with van der Waals surface area (Å²) in [5.41, 5.74) is 2.09. The van der Waals surface area contributed by atoms with E-state index in [1.54, 1.807) is 0 Å². The van der Waals surface area contributed by atoms with Crippen molar-refractivity contribution in [3.8, 4) is 0 Å². The van der Waals surface area contributed by atoms with E-state index in [1.165, 1.54) is 5.56 Å². The molecule has 0 fully saturated rings. The van der Waals surface area contributed by atoms with Gasteiger partial charge in [0.05, 0.1) is 0 Å². The molecular formula is C13H19NO2. The average molecular weight is 221 g/mol. The molecule has 3 heteroatoms. The summed E-state index contributed by atoms with van der Waals surface area (Å²) in [4.78, 5) is 10.9. The maximum absolute atomic E-state index is 10.9. The maximum Gasteiger partial charge on any atom is 0.326 e. The van der Waals surface area contributed by atoms with Gasteiger partial charge in [0.25, 0.3) is 0 Å². The summed E-state index contributed by atoms with van der Waals surface area (Å²) in [7, 11) is 0. The Kier molecular flexibility index (Phi) is 4.35. The molecule has 1 unspecified atom stereocenters. The molecule has 0 heterocycles. The second kappa shape index (κ2) is 5.54. The third-order valence-corrected chi connectivity index (χ3v) is 2.60. The zero-order valence-electron chi connectivity index (χ0n) is 10.0. The SMILES string of the molecule is CCC(Nc1cccc(C(C)C)c1)C(=O)O. The van der Waals surface area contributed by atoms with Crippen LogP contribution in [0.4, 0.5) is 5.69 Å². The zero-order chi connectivity index (χ0) is 12.1. The Morgan fingerprint density at radius 2 is 2.12 bits per heavy atom. The molecule has 0 radical (unpaired) electrons. The number of aliphatic carboxylic acids is 1. The molecule has 0 aliphatic heterocycles. The van der Waals surface area contributed by atoms with Crippen LogP contribution in [0, 0.1) is 0 Å². The quantitative estimate of drug-likeness (QED) is 0.803. The molecule has 16 heavy (non-hydrogen) atoms. The molecule has 0 aliphatic rings. The molecule has 0 saturated carbocycles. The lowest BCUT2D eigenvalue weighted by atomic mass is 10.0. The Morgan fingerprint density at radius 1 is 1.44 bits per heavy atom. The summed E-state index contributed by atoms with van der Waals surface area (Å²) in [6.07, 6.45) is 0.571. The van der Waals surface area contributed by atoms with Gasteiger partial charge in [0.1, 0.15) is 6.04 Å². The highest BCUT2D eigenvalue weighted by Crippen LogP contribution is 2.19. The van der Waals surface area contributed by atoms with Gasteiger partial charge in [0, 0.05) is 5.69 Å². The van der Waals surface area contributed by atoms with Crippen molar-refractivity contribution >= 4 is 11.7 Å². The number of carboxylic acids is 1. The fourth-order valence-electron chi connectivity index (χ4n) is 1.53. The number of carboxylic acid groups (broad SMARTS) is 1. The van der Waals surface area contributed by atoms with Crippen LogP contribution < -0.4 is 5.32 Å². The summed E-state index contributed by atoms with van der Waals surface area (Å²) in [5, 5.41) is 12.0. The number of anilines is 1. The fraction of sp³-hybridized carbons (Fsp3) is 0.462. The van der Waals surface area contributed by atoms with Gasteiger partial charge in [-0.1, -0.05) is 32.9 Å². The average Bonchev–Trinajstić information content (AvgIpc) is 2.25. The first-order chi connectivity index (χ1) is 7.54. The van der Waals surface area contributed by atoms with Crippen molar-refractivity contribution in [1.29, 1.82) is 0 Å². The van der Waals surface area contributed by atoms with Gasteiger partial charge in [-0.25, -0.2) is 4.79 Å². The highest BCUT2D eigenvalue weighted by molar-refractivity contribution is 5.77. The van der Waals surface area contributed by atoms with E-state index in [-0.39, 0.29) is 0 Å². The van der Waals surface area contributed by atoms with Crippen molar-refractivity contribution in [2.75, 3.05) is 5.32 Å². The number of carbonyl (C=O) groups is 1. The summed E-state index contributed by atoms with van der Waals surface area (Å²) >= 11 is 0. The van der Waals surface area contributed by atoms with Crippen LogP contribution in [0.15, 0.2) is 24.3 Å². The summed E-state index contributed by atoms with van der Waals surface area (Å²) in [6.45, 7) is 6.10. The Bertz CT molecular complexity index is 361. The molecule has 1 aromatic carbocycles. The molecule has 3 nitrogen and oxygen atoms in total. The van der Waals surface area contributed by atoms with Crippen molar-refractivity contribution < 1.29 is 9.90 Å². The predicted molar refractivity (Wildman–Crippen MR) is 65.9 cm³/mol. The molecule has 0 aliphatic carbocycles. The third kappa shape index (κ3) is 3.26. The van der Waals surface area contributed by atoms with Crippen molar-refractivity contribution in [2.45, 2.75) is 39.2 Å². The van der Waals surface area contributed by atoms with Gasteiger partial charge in [-0.3, -0.25) is 0 Å². The first kappa shape index (κ1) is 12.6. The minimum Gasteiger partial charge on any atom is -0.480 e. The van der Waals surface area contributed by atoms with Gasteiger partial charge >= 0.3 is 5.97 Å². The number of nitrogens with one attached hydrogen (secondary N) is 1. The minimum absolute atomic E-state index is 0.451. The van der Waals surface area contributed by atoms with Gasteiger partial charge in [0.2, 0.25) is 0 Å². The molecule has 0 spiro atoms. The van der Waals surface area contributed by atoms with Crippen molar-refractivity contribution in [3.05, 3.63) is 29.8 Å². The van der Waals surface area contributed by atoms with Crippen LogP contribution in [-0.4, -0.2) is 17.1 Å². The van der Waals surface area contributed by atoms with E-state index in [2.05, 4.69) is 25.2 Å². The minimum atomic E-state index is -0.808. The van der Waals surface area contributed by atoms with Crippen molar-refractivity contribution in [3.63, 3.8) is 0 Å². The molecule has 1 aromatic rings. The standard InChI is InChI=1S/C13H19NO2/c1-4-12(13(15)16)14-11-7-5-6-10(8-11)9(2)3/h5-9,12,14H,4H2,1-3H3,(H,15,16). The van der Waals surface area contributed by atoms with Crippen LogP contribution in [0.3, 0.4) is 0 Å². The van der Waals surface area contributed by atoms with E-state index < -0.39 is 12.0 Å². The molecule has 0 amide bonds. The van der Waals surface area contributed by atoms with Crippen LogP contribution in [0.2, 0.25) is 0 Å². The summed E-state index contributed by atoms with van der Waals surface area (Å²) < 4.78 is 0. The lowest BCUT2D eigenvalue weighted by Gasteiger charge is -2.15. The van der Waals surface area contributed by atoms with Crippen molar-refractivity contribution in [1.82, 2.24) is 0 Å². The first-order valence-corrected chi connectivity index (χ1v) is 5.64. The molecule has 1 atom stereocenters. The molecule has 2 N–H and O–H groups in total. The van der Waals surface area contributed by atoms with Crippen LogP contribution >= 0.6 is 0 Å². The number of rotatable bonds is 5. The molecule has 0 bridgehead atoms. The Balaban J connectivity index is 2.80. The number of benzene rings is 1. The topological polar surface area (TPSA) is 49.3 Å². The summed E-state index contributed by atoms with van der Waals surface area (Å²) in [5.74, 6) is -0.357. The Labute approximate surface area is 96.5 Å². The molecule has 0 aromatic heterocycles. The zero-order valence-corrected chi connectivity index (χ0v) is 10.0. The molecule has 1 rings (SSSR count). The molecule has 0 saturated heterocycles. The molecular weight excluding hydrogens is 202 g/mol. The first-order valence-electron chi connectivity index (χ1n) is 5.64. The van der Waals surface area contributed by atoms with Crippen LogP contribution in [-0.2, 0) is 4.79 Å². The van der Waals surface area contributed by atoms with Gasteiger partial charge < -0.3 is 10.4 Å². The monoisotopic (exact) mass is 221 g/mol. The predicted octanol–water partition coefficient (Wildman–Crippen LogP) is 3.09. The van der Waals surface area contributed by atoms with Crippen LogP contribution in [0.5, 0.6) is 0 Å². The maximum atomic E-state index is 10.9. The smallest absolute Gasteiger partial charge is 0.326 e. The third-order valence-electron chi connectivity index (χ3n) is 2.60. The molecule has 88 valence electrons. The summed E-state index contributed by atoms with van der Waals surface area (Å²) in [6, 6.07) is 7.40. The van der Waals surface area contributed by atoms with E-state index in [1.807, 2.05) is 25.1 Å². The van der Waals surface area contributed by atoms with Gasteiger partial charge in [-0.05, 0) is 30.0 Å². The van der Waals surface area contributed by atoms with E-state index in [4.69, 9.17) is 5.11 Å². The fourth-order valence-corrected chi connectivity index (χ4v) is 1.53. The second-order valence-electron chi connectivity index (χ2n) is 4.22. The largest absolute Gasteiger partial charge is 0.480 e. The highest BCUT2D eigenvalue weighted by atomic mass is 16.4. The van der Waals surface area contributed by atoms with Gasteiger partial charge in [0.15, 0.2) is 0 Å². The Hall–Kier alpha value is -1.51. The van der Waals surface area contributed by atoms with Crippen molar-refractivity contribution in [2.24, 2.45) is 0 Å². The van der Waals surface area contributed by atoms with Crippen LogP contribution in [0.1, 0.15) is 38.7 Å². The highest BCUT2D eigenvalue weighted by Gasteiger charge is 2.14. The van der Waals surface area contributed by atoms with E-state index >= 15 is 0 Å². The van der Waals surface area contributed by atoms with Crippen LogP contribution in [0.25, 0.3) is 0 Å². The second-order valence-corrected chi connectivity index (χ2v) is 4.22. The lowest BCUT2D eigenvalue weighted by Crippen LogP contribution is -2.28. The van der Waals surface area contributed by atoms with Gasteiger partial charge in [-0.2, -0.15) is 0 Å². The van der Waals surface area contributed by atoms with E-state index in [0.29, 0.717) is 12.3 Å². The van der Waals surface area contributed by atoms with E-state index in [9.17, 15) is 4.79 Å². The van der Waals surface area contributed by atoms with E-state index in [0.717, 1.165) is 5.69 Å². The van der Waals surface area contributed by atoms with Gasteiger partial charge in [-0.15, -0.1) is 0 Å². The normalized spacial score (nSPS) is 12.5.